The zero-order valence-corrected chi connectivity index (χ0v) is 13.4. The summed E-state index contributed by atoms with van der Waals surface area (Å²) in [5, 5.41) is -0.00201. The normalized spacial score (nSPS) is 11.7. The molecule has 0 amide bonds. The van der Waals surface area contributed by atoms with Crippen molar-refractivity contribution in [1.82, 2.24) is 0 Å². The van der Waals surface area contributed by atoms with Crippen LogP contribution in [0.4, 0.5) is 5.69 Å². The Morgan fingerprint density at radius 2 is 1.76 bits per heavy atom. The van der Waals surface area contributed by atoms with E-state index in [2.05, 4.69) is 0 Å². The molecule has 1 aromatic carbocycles. The minimum Gasteiger partial charge on any atom is -0.744 e. The van der Waals surface area contributed by atoms with Crippen molar-refractivity contribution in [1.29, 1.82) is 0 Å². The Morgan fingerprint density at radius 1 is 1.24 bits per heavy atom. The van der Waals surface area contributed by atoms with Gasteiger partial charge in [0.25, 0.3) is 0 Å². The molecule has 0 aliphatic heterocycles. The average Bonchev–Trinajstić information content (AvgIpc) is 2.04. The molecule has 0 unspecified atom stereocenters. The summed E-state index contributed by atoms with van der Waals surface area (Å²) < 4.78 is 55.9. The minimum absolute atomic E-state index is 0. The Labute approximate surface area is 126 Å². The van der Waals surface area contributed by atoms with E-state index in [1.54, 1.807) is 0 Å². The van der Waals surface area contributed by atoms with Crippen molar-refractivity contribution in [2.45, 2.75) is 4.90 Å². The molecule has 0 spiro atoms. The molecule has 0 aliphatic rings. The summed E-state index contributed by atoms with van der Waals surface area (Å²) in [6, 6.07) is 2.99. The third-order valence-electron chi connectivity index (χ3n) is 1.52. The van der Waals surface area contributed by atoms with Crippen molar-refractivity contribution in [3.63, 3.8) is 0 Å². The smallest absolute Gasteiger partial charge is 0.744 e. The second-order valence-electron chi connectivity index (χ2n) is 2.97. The maximum absolute atomic E-state index is 10.9. The number of nitrogens with one attached hydrogen (secondary N) is 1. The van der Waals surface area contributed by atoms with Crippen LogP contribution in [0, 0.1) is 0 Å². The summed E-state index contributed by atoms with van der Waals surface area (Å²) in [4.78, 5) is -0.553. The molecule has 0 bridgehead atoms. The molecule has 0 saturated heterocycles. The van der Waals surface area contributed by atoms with E-state index in [1.807, 2.05) is 4.72 Å². The molecule has 1 rings (SSSR count). The number of halogens is 1. The van der Waals surface area contributed by atoms with E-state index < -0.39 is 25.0 Å². The molecule has 0 radical (unpaired) electrons. The molecule has 0 heterocycles. The number of anilines is 1. The van der Waals surface area contributed by atoms with Gasteiger partial charge in [-0.15, -0.1) is 0 Å². The molecule has 0 aromatic heterocycles. The van der Waals surface area contributed by atoms with E-state index in [9.17, 15) is 21.4 Å². The summed E-state index contributed by atoms with van der Waals surface area (Å²) >= 11 is 5.63. The molecular formula is C7H7ClNNaO5S2. The third kappa shape index (κ3) is 5.56. The quantitative estimate of drug-likeness (QED) is 0.496. The molecule has 90 valence electrons. The van der Waals surface area contributed by atoms with Crippen molar-refractivity contribution < 1.29 is 50.9 Å². The third-order valence-corrected chi connectivity index (χ3v) is 3.27. The first-order valence-corrected chi connectivity index (χ1v) is 7.50. The fraction of sp³-hybridized carbons (Fsp3) is 0.143. The maximum Gasteiger partial charge on any atom is 1.00 e. The fourth-order valence-electron chi connectivity index (χ4n) is 0.938. The van der Waals surface area contributed by atoms with Gasteiger partial charge >= 0.3 is 29.6 Å². The van der Waals surface area contributed by atoms with Gasteiger partial charge in [-0.1, -0.05) is 11.6 Å². The molecule has 10 heteroatoms. The molecular weight excluding hydrogens is 301 g/mol. The molecule has 1 aromatic rings. The van der Waals surface area contributed by atoms with E-state index >= 15 is 0 Å². The van der Waals surface area contributed by atoms with Crippen molar-refractivity contribution in [2.24, 2.45) is 0 Å². The Bertz CT molecular complexity index is 613. The van der Waals surface area contributed by atoms with Gasteiger partial charge in [-0.3, -0.25) is 4.72 Å². The first kappa shape index (κ1) is 17.2. The van der Waals surface area contributed by atoms with Gasteiger partial charge in [-0.25, -0.2) is 16.8 Å². The summed E-state index contributed by atoms with van der Waals surface area (Å²) in [7, 11) is -8.23. The van der Waals surface area contributed by atoms with Crippen LogP contribution in [0.1, 0.15) is 0 Å². The topological polar surface area (TPSA) is 103 Å². The molecule has 17 heavy (non-hydrogen) atoms. The van der Waals surface area contributed by atoms with Crippen molar-refractivity contribution >= 4 is 37.4 Å². The van der Waals surface area contributed by atoms with Crippen molar-refractivity contribution in [3.8, 4) is 0 Å². The monoisotopic (exact) mass is 307 g/mol. The zero-order valence-electron chi connectivity index (χ0n) is 8.97. The summed E-state index contributed by atoms with van der Waals surface area (Å²) in [5.74, 6) is 0. The summed E-state index contributed by atoms with van der Waals surface area (Å²) in [6.45, 7) is 0. The SMILES string of the molecule is CS(=O)(=O)Nc1cc(S(=O)(=O)[O-])ccc1Cl.[Na+]. The van der Waals surface area contributed by atoms with E-state index in [1.165, 1.54) is 0 Å². The van der Waals surface area contributed by atoms with E-state index in [4.69, 9.17) is 11.6 Å². The Balaban J connectivity index is 0.00000256. The molecule has 0 atom stereocenters. The molecule has 0 saturated carbocycles. The van der Waals surface area contributed by atoms with Crippen LogP contribution in [0.2, 0.25) is 5.02 Å². The summed E-state index contributed by atoms with van der Waals surface area (Å²) in [6.07, 6.45) is 0.877. The fourth-order valence-corrected chi connectivity index (χ4v) is 2.22. The Morgan fingerprint density at radius 3 is 2.18 bits per heavy atom. The predicted octanol–water partition coefficient (Wildman–Crippen LogP) is -2.38. The van der Waals surface area contributed by atoms with Gasteiger partial charge in [-0.2, -0.15) is 0 Å². The number of rotatable bonds is 3. The zero-order chi connectivity index (χ0) is 12.6. The first-order chi connectivity index (χ1) is 7.09. The second kappa shape index (κ2) is 5.87. The van der Waals surface area contributed by atoms with E-state index in [0.29, 0.717) is 0 Å². The number of sulfonamides is 1. The standard InChI is InChI=1S/C7H8ClNO5S2.Na/c1-15(10,11)9-7-4-5(16(12,13)14)2-3-6(7)8;/h2-4,9H,1H3,(H,12,13,14);/q;+1/p-1. The number of hydrogen-bond acceptors (Lipinski definition) is 5. The van der Waals surface area contributed by atoms with Crippen LogP contribution in [-0.4, -0.2) is 27.6 Å². The van der Waals surface area contributed by atoms with Gasteiger partial charge in [0.2, 0.25) is 10.0 Å². The van der Waals surface area contributed by atoms with E-state index in [-0.39, 0.29) is 40.3 Å². The largest absolute Gasteiger partial charge is 1.00 e. The minimum atomic E-state index is -4.64. The first-order valence-electron chi connectivity index (χ1n) is 3.83. The molecule has 1 N–H and O–H groups in total. The van der Waals surface area contributed by atoms with Gasteiger partial charge in [0.05, 0.1) is 21.9 Å². The van der Waals surface area contributed by atoms with Crippen LogP contribution in [0.25, 0.3) is 0 Å². The van der Waals surface area contributed by atoms with E-state index in [0.717, 1.165) is 24.5 Å². The maximum atomic E-state index is 10.9. The molecule has 0 aliphatic carbocycles. The van der Waals surface area contributed by atoms with Crippen LogP contribution in [0.15, 0.2) is 23.1 Å². The van der Waals surface area contributed by atoms with Crippen molar-refractivity contribution in [3.05, 3.63) is 23.2 Å². The molecule has 0 fully saturated rings. The molecule has 6 nitrogen and oxygen atoms in total. The summed E-state index contributed by atoms with van der Waals surface area (Å²) in [5.41, 5.74) is -0.152. The Hall–Kier alpha value is 0.170. The van der Waals surface area contributed by atoms with Crippen LogP contribution >= 0.6 is 11.6 Å². The van der Waals surface area contributed by atoms with Gasteiger partial charge < -0.3 is 4.55 Å². The van der Waals surface area contributed by atoms with Crippen LogP contribution in [-0.2, 0) is 20.1 Å². The number of benzene rings is 1. The van der Waals surface area contributed by atoms with Gasteiger partial charge in [-0.05, 0) is 18.2 Å². The van der Waals surface area contributed by atoms with Gasteiger partial charge in [0.15, 0.2) is 0 Å². The average molecular weight is 308 g/mol. The Kier molecular flexibility index (Phi) is 5.93. The van der Waals surface area contributed by atoms with Gasteiger partial charge in [0, 0.05) is 0 Å². The van der Waals surface area contributed by atoms with Crippen molar-refractivity contribution in [2.75, 3.05) is 11.0 Å². The van der Waals surface area contributed by atoms with Gasteiger partial charge in [0.1, 0.15) is 10.1 Å². The van der Waals surface area contributed by atoms with Crippen LogP contribution in [0.3, 0.4) is 0 Å². The van der Waals surface area contributed by atoms with Crippen LogP contribution in [0.5, 0.6) is 0 Å². The van der Waals surface area contributed by atoms with Crippen LogP contribution < -0.4 is 34.3 Å². The second-order valence-corrected chi connectivity index (χ2v) is 6.51. The predicted molar refractivity (Wildman–Crippen MR) is 57.9 cm³/mol. The number of hydrogen-bond donors (Lipinski definition) is 1.